The van der Waals surface area contributed by atoms with Crippen molar-refractivity contribution in [2.24, 2.45) is 0 Å². The number of hydrogen-bond acceptors (Lipinski definition) is 2. The summed E-state index contributed by atoms with van der Waals surface area (Å²) in [4.78, 5) is 12.0. The fourth-order valence-corrected chi connectivity index (χ4v) is 2.53. The van der Waals surface area contributed by atoms with Crippen molar-refractivity contribution in [2.45, 2.75) is 11.3 Å². The molecule has 0 saturated heterocycles. The molecule has 0 spiro atoms. The summed E-state index contributed by atoms with van der Waals surface area (Å²) in [6.07, 6.45) is 0. The summed E-state index contributed by atoms with van der Waals surface area (Å²) in [7, 11) is 0. The number of rotatable bonds is 4. The standard InChI is InChI=1S/C16H14Cl2O2/c1-2-20-15(19)13-10-6-7-11-14(13)16(17,18)12-8-4-3-5-9-12/h3-11H,2H2,1H3. The minimum Gasteiger partial charge on any atom is -0.462 e. The molecule has 0 bridgehead atoms. The third-order valence-corrected chi connectivity index (χ3v) is 3.74. The van der Waals surface area contributed by atoms with Gasteiger partial charge in [-0.15, -0.1) is 0 Å². The molecule has 0 fully saturated rings. The van der Waals surface area contributed by atoms with Gasteiger partial charge in [-0.3, -0.25) is 0 Å². The molecule has 2 rings (SSSR count). The lowest BCUT2D eigenvalue weighted by atomic mass is 9.98. The van der Waals surface area contributed by atoms with Gasteiger partial charge in [0.2, 0.25) is 0 Å². The lowest BCUT2D eigenvalue weighted by Gasteiger charge is -2.23. The molecule has 0 unspecified atom stereocenters. The average molecular weight is 309 g/mol. The molecule has 2 nitrogen and oxygen atoms in total. The van der Waals surface area contributed by atoms with E-state index >= 15 is 0 Å². The maximum atomic E-state index is 12.0. The SMILES string of the molecule is CCOC(=O)c1ccccc1C(Cl)(Cl)c1ccccc1. The zero-order chi connectivity index (χ0) is 14.6. The van der Waals surface area contributed by atoms with E-state index in [1.807, 2.05) is 30.3 Å². The molecule has 20 heavy (non-hydrogen) atoms. The van der Waals surface area contributed by atoms with E-state index in [1.165, 1.54) is 0 Å². The van der Waals surface area contributed by atoms with E-state index in [4.69, 9.17) is 27.9 Å². The van der Waals surface area contributed by atoms with Gasteiger partial charge in [0, 0.05) is 5.56 Å². The Hall–Kier alpha value is -1.51. The van der Waals surface area contributed by atoms with Crippen LogP contribution in [0.2, 0.25) is 0 Å². The van der Waals surface area contributed by atoms with Gasteiger partial charge in [-0.05, 0) is 18.6 Å². The monoisotopic (exact) mass is 308 g/mol. The van der Waals surface area contributed by atoms with Crippen molar-refractivity contribution >= 4 is 29.2 Å². The van der Waals surface area contributed by atoms with E-state index in [-0.39, 0.29) is 0 Å². The molecule has 0 saturated carbocycles. The quantitative estimate of drug-likeness (QED) is 0.612. The Morgan fingerprint density at radius 3 is 2.30 bits per heavy atom. The second-order valence-electron chi connectivity index (χ2n) is 4.21. The van der Waals surface area contributed by atoms with Crippen LogP contribution in [0.15, 0.2) is 54.6 Å². The lowest BCUT2D eigenvalue weighted by Crippen LogP contribution is -2.18. The Kier molecular flexibility index (Phi) is 4.69. The largest absolute Gasteiger partial charge is 0.462 e. The molecule has 2 aromatic carbocycles. The summed E-state index contributed by atoms with van der Waals surface area (Å²) >= 11 is 13.0. The number of esters is 1. The first kappa shape index (κ1) is 14.9. The van der Waals surface area contributed by atoms with E-state index in [0.29, 0.717) is 23.3 Å². The van der Waals surface area contributed by atoms with Crippen LogP contribution in [0.3, 0.4) is 0 Å². The molecule has 104 valence electrons. The first-order valence-electron chi connectivity index (χ1n) is 6.27. The van der Waals surface area contributed by atoms with Gasteiger partial charge in [0.05, 0.1) is 12.2 Å². The minimum absolute atomic E-state index is 0.302. The fourth-order valence-electron chi connectivity index (χ4n) is 1.95. The molecule has 0 aliphatic heterocycles. The van der Waals surface area contributed by atoms with Gasteiger partial charge in [0.15, 0.2) is 4.33 Å². The third kappa shape index (κ3) is 2.97. The van der Waals surface area contributed by atoms with Crippen LogP contribution < -0.4 is 0 Å². The minimum atomic E-state index is -1.30. The Balaban J connectivity index is 2.50. The summed E-state index contributed by atoms with van der Waals surface area (Å²) in [5.41, 5.74) is 1.61. The van der Waals surface area contributed by atoms with Crippen molar-refractivity contribution in [1.82, 2.24) is 0 Å². The molecule has 2 aromatic rings. The highest BCUT2D eigenvalue weighted by atomic mass is 35.5. The van der Waals surface area contributed by atoms with Crippen molar-refractivity contribution in [3.8, 4) is 0 Å². The number of carbonyl (C=O) groups is 1. The lowest BCUT2D eigenvalue weighted by molar-refractivity contribution is 0.0525. The van der Waals surface area contributed by atoms with E-state index in [1.54, 1.807) is 31.2 Å². The number of ether oxygens (including phenoxy) is 1. The number of hydrogen-bond donors (Lipinski definition) is 0. The predicted octanol–water partition coefficient (Wildman–Crippen LogP) is 4.54. The Labute approximate surface area is 128 Å². The summed E-state index contributed by atoms with van der Waals surface area (Å²) in [6, 6.07) is 16.2. The maximum Gasteiger partial charge on any atom is 0.338 e. The van der Waals surface area contributed by atoms with Gasteiger partial charge in [0.25, 0.3) is 0 Å². The zero-order valence-electron chi connectivity index (χ0n) is 11.0. The molecule has 0 aromatic heterocycles. The third-order valence-electron chi connectivity index (χ3n) is 2.90. The van der Waals surface area contributed by atoms with E-state index in [0.717, 1.165) is 0 Å². The zero-order valence-corrected chi connectivity index (χ0v) is 12.5. The normalized spacial score (nSPS) is 11.2. The Morgan fingerprint density at radius 1 is 1.05 bits per heavy atom. The maximum absolute atomic E-state index is 12.0. The van der Waals surface area contributed by atoms with E-state index in [9.17, 15) is 4.79 Å². The Bertz CT molecular complexity index is 594. The second-order valence-corrected chi connectivity index (χ2v) is 5.53. The van der Waals surface area contributed by atoms with Gasteiger partial charge >= 0.3 is 5.97 Å². The predicted molar refractivity (Wildman–Crippen MR) is 81.3 cm³/mol. The van der Waals surface area contributed by atoms with Crippen LogP contribution in [-0.4, -0.2) is 12.6 Å². The highest BCUT2D eigenvalue weighted by Gasteiger charge is 2.33. The molecular weight excluding hydrogens is 295 g/mol. The molecule has 0 aliphatic carbocycles. The number of benzene rings is 2. The first-order valence-corrected chi connectivity index (χ1v) is 7.03. The van der Waals surface area contributed by atoms with E-state index in [2.05, 4.69) is 0 Å². The highest BCUT2D eigenvalue weighted by Crippen LogP contribution is 2.42. The van der Waals surface area contributed by atoms with Crippen molar-refractivity contribution in [1.29, 1.82) is 0 Å². The molecule has 0 heterocycles. The molecule has 0 N–H and O–H groups in total. The van der Waals surface area contributed by atoms with Crippen LogP contribution in [0.1, 0.15) is 28.4 Å². The molecular formula is C16H14Cl2O2. The molecule has 0 radical (unpaired) electrons. The van der Waals surface area contributed by atoms with Crippen molar-refractivity contribution in [3.63, 3.8) is 0 Å². The van der Waals surface area contributed by atoms with Crippen molar-refractivity contribution in [3.05, 3.63) is 71.3 Å². The van der Waals surface area contributed by atoms with Crippen LogP contribution in [0.25, 0.3) is 0 Å². The summed E-state index contributed by atoms with van der Waals surface area (Å²) in [6.45, 7) is 2.06. The topological polar surface area (TPSA) is 26.3 Å². The van der Waals surface area contributed by atoms with Crippen molar-refractivity contribution < 1.29 is 9.53 Å². The number of halogens is 2. The Morgan fingerprint density at radius 2 is 1.65 bits per heavy atom. The summed E-state index contributed by atoms with van der Waals surface area (Å²) in [5.74, 6) is -0.426. The van der Waals surface area contributed by atoms with Crippen LogP contribution in [0.5, 0.6) is 0 Å². The van der Waals surface area contributed by atoms with E-state index < -0.39 is 10.3 Å². The van der Waals surface area contributed by atoms with Crippen LogP contribution in [0.4, 0.5) is 0 Å². The molecule has 0 aliphatic rings. The molecule has 0 atom stereocenters. The fraction of sp³-hybridized carbons (Fsp3) is 0.188. The van der Waals surface area contributed by atoms with Gasteiger partial charge < -0.3 is 4.74 Å². The average Bonchev–Trinajstić information content (AvgIpc) is 2.48. The van der Waals surface area contributed by atoms with Crippen LogP contribution >= 0.6 is 23.2 Å². The summed E-state index contributed by atoms with van der Waals surface area (Å²) in [5, 5.41) is 0. The molecule has 0 amide bonds. The van der Waals surface area contributed by atoms with Gasteiger partial charge in [-0.1, -0.05) is 71.7 Å². The highest BCUT2D eigenvalue weighted by molar-refractivity contribution is 6.50. The van der Waals surface area contributed by atoms with Gasteiger partial charge in [0.1, 0.15) is 0 Å². The molecule has 4 heteroatoms. The van der Waals surface area contributed by atoms with Crippen molar-refractivity contribution in [2.75, 3.05) is 6.61 Å². The summed E-state index contributed by atoms with van der Waals surface area (Å²) < 4.78 is 3.74. The second kappa shape index (κ2) is 6.29. The van der Waals surface area contributed by atoms with Gasteiger partial charge in [-0.25, -0.2) is 4.79 Å². The smallest absolute Gasteiger partial charge is 0.338 e. The first-order chi connectivity index (χ1) is 9.57. The van der Waals surface area contributed by atoms with Crippen LogP contribution in [0, 0.1) is 0 Å². The van der Waals surface area contributed by atoms with Crippen LogP contribution in [-0.2, 0) is 9.07 Å². The van der Waals surface area contributed by atoms with Gasteiger partial charge in [-0.2, -0.15) is 0 Å². The number of alkyl halides is 2. The number of carbonyl (C=O) groups excluding carboxylic acids is 1.